The van der Waals surface area contributed by atoms with Crippen molar-refractivity contribution in [2.24, 2.45) is 0 Å². The molecule has 0 aliphatic carbocycles. The Morgan fingerprint density at radius 2 is 2.24 bits per heavy atom. The first-order chi connectivity index (χ1) is 8.29. The largest absolute Gasteiger partial charge is 0.371 e. The molecule has 0 bridgehead atoms. The molecule has 4 nitrogen and oxygen atoms in total. The zero-order valence-corrected chi connectivity index (χ0v) is 12.5. The van der Waals surface area contributed by atoms with Gasteiger partial charge in [0.05, 0.1) is 13.2 Å². The minimum Gasteiger partial charge on any atom is -0.371 e. The summed E-state index contributed by atoms with van der Waals surface area (Å²) in [5, 5.41) is 8.28. The molecule has 0 aliphatic heterocycles. The van der Waals surface area contributed by atoms with Crippen LogP contribution in [-0.2, 0) is 17.9 Å². The summed E-state index contributed by atoms with van der Waals surface area (Å²) in [5.41, 5.74) is 0.919. The van der Waals surface area contributed by atoms with E-state index >= 15 is 0 Å². The number of nitrogens with zero attached hydrogens (tertiary/aromatic N) is 3. The third-order valence-corrected chi connectivity index (χ3v) is 3.62. The lowest BCUT2D eigenvalue weighted by Crippen LogP contribution is -2.03. The number of aromatic nitrogens is 3. The summed E-state index contributed by atoms with van der Waals surface area (Å²) in [6.07, 6.45) is 6.71. The van der Waals surface area contributed by atoms with E-state index in [9.17, 15) is 0 Å². The number of halogens is 1. The van der Waals surface area contributed by atoms with Crippen molar-refractivity contribution in [3.05, 3.63) is 22.0 Å². The van der Waals surface area contributed by atoms with E-state index in [-0.39, 0.29) is 0 Å². The minimum absolute atomic E-state index is 0.513. The van der Waals surface area contributed by atoms with Crippen molar-refractivity contribution in [3.8, 4) is 0 Å². The number of hydrogen-bond donors (Lipinski definition) is 0. The van der Waals surface area contributed by atoms with E-state index in [2.05, 4.69) is 46.4 Å². The lowest BCUT2D eigenvalue weighted by Gasteiger charge is -2.02. The first-order valence-corrected chi connectivity index (χ1v) is 7.14. The molecule has 1 aromatic heterocycles. The predicted molar refractivity (Wildman–Crippen MR) is 76.7 cm³/mol. The van der Waals surface area contributed by atoms with Gasteiger partial charge in [0.1, 0.15) is 9.39 Å². The highest BCUT2D eigenvalue weighted by Gasteiger charge is 2.09. The normalized spacial score (nSPS) is 10.7. The Bertz CT molecular complexity index is 338. The minimum atomic E-state index is 0.513. The van der Waals surface area contributed by atoms with Gasteiger partial charge >= 0.3 is 0 Å². The van der Waals surface area contributed by atoms with Gasteiger partial charge in [0.25, 0.3) is 0 Å². The molecule has 0 radical (unpaired) electrons. The molecule has 1 rings (SSSR count). The average Bonchev–Trinajstić information content (AvgIpc) is 2.67. The summed E-state index contributed by atoms with van der Waals surface area (Å²) in [5.74, 6) is 0. The van der Waals surface area contributed by atoms with Crippen LogP contribution in [0.2, 0.25) is 0 Å². The van der Waals surface area contributed by atoms with Gasteiger partial charge in [0.15, 0.2) is 0 Å². The number of rotatable bonds is 9. The summed E-state index contributed by atoms with van der Waals surface area (Å²) in [6.45, 7) is 7.85. The van der Waals surface area contributed by atoms with Crippen molar-refractivity contribution < 1.29 is 4.74 Å². The first kappa shape index (κ1) is 14.6. The first-order valence-electron chi connectivity index (χ1n) is 6.06. The van der Waals surface area contributed by atoms with Crippen LogP contribution in [0.4, 0.5) is 0 Å². The molecule has 1 heterocycles. The van der Waals surface area contributed by atoms with Gasteiger partial charge < -0.3 is 4.74 Å². The fourth-order valence-electron chi connectivity index (χ4n) is 1.50. The molecule has 0 unspecified atom stereocenters. The Morgan fingerprint density at radius 1 is 1.41 bits per heavy atom. The van der Waals surface area contributed by atoms with E-state index in [1.165, 1.54) is 25.7 Å². The molecule has 1 aromatic rings. The third kappa shape index (κ3) is 5.16. The second kappa shape index (κ2) is 8.63. The zero-order chi connectivity index (χ0) is 12.5. The molecule has 0 saturated heterocycles. The Hall–Kier alpha value is -0.430. The Morgan fingerprint density at radius 3 is 2.94 bits per heavy atom. The second-order valence-electron chi connectivity index (χ2n) is 3.91. The van der Waals surface area contributed by atoms with Crippen molar-refractivity contribution in [2.75, 3.05) is 6.61 Å². The fourth-order valence-corrected chi connectivity index (χ4v) is 2.10. The zero-order valence-electron chi connectivity index (χ0n) is 10.4. The van der Waals surface area contributed by atoms with E-state index in [4.69, 9.17) is 4.74 Å². The maximum atomic E-state index is 5.37. The van der Waals surface area contributed by atoms with E-state index in [1.807, 2.05) is 4.68 Å². The molecule has 0 spiro atoms. The Balaban J connectivity index is 2.37. The van der Waals surface area contributed by atoms with E-state index in [0.717, 1.165) is 15.9 Å². The van der Waals surface area contributed by atoms with Gasteiger partial charge in [-0.2, -0.15) is 0 Å². The van der Waals surface area contributed by atoms with Gasteiger partial charge in [0, 0.05) is 6.54 Å². The molecular formula is C12H20IN3O. The lowest BCUT2D eigenvalue weighted by molar-refractivity contribution is 0.145. The Kier molecular flexibility index (Phi) is 7.43. The second-order valence-corrected chi connectivity index (χ2v) is 4.94. The summed E-state index contributed by atoms with van der Waals surface area (Å²) in [7, 11) is 0. The van der Waals surface area contributed by atoms with Crippen molar-refractivity contribution in [1.82, 2.24) is 15.0 Å². The van der Waals surface area contributed by atoms with Crippen molar-refractivity contribution in [2.45, 2.75) is 45.8 Å². The molecule has 0 aliphatic rings. The molecular weight excluding hydrogens is 329 g/mol. The molecule has 0 N–H and O–H groups in total. The van der Waals surface area contributed by atoms with Crippen LogP contribution >= 0.6 is 22.6 Å². The summed E-state index contributed by atoms with van der Waals surface area (Å²) in [4.78, 5) is 0. The number of hydrogen-bond acceptors (Lipinski definition) is 3. The average molecular weight is 349 g/mol. The monoisotopic (exact) mass is 349 g/mol. The SMILES string of the molecule is C=CCOCc1nnn(CCCCCC)c1I. The molecule has 96 valence electrons. The van der Waals surface area contributed by atoms with Crippen LogP contribution in [-0.4, -0.2) is 21.6 Å². The van der Waals surface area contributed by atoms with Gasteiger partial charge in [-0.25, -0.2) is 4.68 Å². The van der Waals surface area contributed by atoms with Gasteiger partial charge in [-0.3, -0.25) is 0 Å². The predicted octanol–water partition coefficient (Wildman–Crippen LogP) is 3.17. The molecule has 17 heavy (non-hydrogen) atoms. The molecule has 0 saturated carbocycles. The van der Waals surface area contributed by atoms with Crippen LogP contribution in [0.5, 0.6) is 0 Å². The van der Waals surface area contributed by atoms with Crippen LogP contribution in [0.3, 0.4) is 0 Å². The van der Waals surface area contributed by atoms with Crippen molar-refractivity contribution in [1.29, 1.82) is 0 Å². The molecule has 0 amide bonds. The molecule has 0 aromatic carbocycles. The summed E-state index contributed by atoms with van der Waals surface area (Å²) < 4.78 is 8.41. The molecule has 0 atom stereocenters. The van der Waals surface area contributed by atoms with E-state index < -0.39 is 0 Å². The number of aryl methyl sites for hydroxylation is 1. The fraction of sp³-hybridized carbons (Fsp3) is 0.667. The summed E-state index contributed by atoms with van der Waals surface area (Å²) in [6, 6.07) is 0. The van der Waals surface area contributed by atoms with Crippen molar-refractivity contribution in [3.63, 3.8) is 0 Å². The maximum Gasteiger partial charge on any atom is 0.125 e. The number of ether oxygens (including phenoxy) is 1. The van der Waals surface area contributed by atoms with Crippen LogP contribution in [0.15, 0.2) is 12.7 Å². The molecule has 5 heteroatoms. The van der Waals surface area contributed by atoms with Gasteiger partial charge in [-0.15, -0.1) is 11.7 Å². The smallest absolute Gasteiger partial charge is 0.125 e. The van der Waals surface area contributed by atoms with Gasteiger partial charge in [0.2, 0.25) is 0 Å². The maximum absolute atomic E-state index is 5.37. The highest BCUT2D eigenvalue weighted by molar-refractivity contribution is 14.1. The lowest BCUT2D eigenvalue weighted by atomic mass is 10.2. The highest BCUT2D eigenvalue weighted by atomic mass is 127. The standard InChI is InChI=1S/C12H20IN3O/c1-3-5-6-7-8-16-12(13)11(14-15-16)10-17-9-4-2/h4H,2-3,5-10H2,1H3. The van der Waals surface area contributed by atoms with E-state index in [1.54, 1.807) is 6.08 Å². The Labute approximate surface area is 117 Å². The number of unbranched alkanes of at least 4 members (excludes halogenated alkanes) is 3. The van der Waals surface area contributed by atoms with Crippen LogP contribution in [0.1, 0.15) is 38.3 Å². The van der Waals surface area contributed by atoms with Crippen LogP contribution in [0, 0.1) is 3.70 Å². The highest BCUT2D eigenvalue weighted by Crippen LogP contribution is 2.11. The van der Waals surface area contributed by atoms with Gasteiger partial charge in [-0.05, 0) is 29.0 Å². The third-order valence-electron chi connectivity index (χ3n) is 2.44. The van der Waals surface area contributed by atoms with Crippen LogP contribution < -0.4 is 0 Å². The summed E-state index contributed by atoms with van der Waals surface area (Å²) >= 11 is 2.28. The van der Waals surface area contributed by atoms with Gasteiger partial charge in [-0.1, -0.05) is 37.5 Å². The van der Waals surface area contributed by atoms with E-state index in [0.29, 0.717) is 13.2 Å². The quantitative estimate of drug-likeness (QED) is 0.391. The molecule has 0 fully saturated rings. The topological polar surface area (TPSA) is 39.9 Å². The van der Waals surface area contributed by atoms with Crippen molar-refractivity contribution >= 4 is 22.6 Å². The van der Waals surface area contributed by atoms with Crippen LogP contribution in [0.25, 0.3) is 0 Å².